The van der Waals surface area contributed by atoms with Crippen LogP contribution < -0.4 is 4.74 Å². The molecule has 1 fully saturated rings. The van der Waals surface area contributed by atoms with Crippen LogP contribution >= 0.6 is 0 Å². The highest BCUT2D eigenvalue weighted by molar-refractivity contribution is 5.84. The van der Waals surface area contributed by atoms with Crippen molar-refractivity contribution in [3.8, 4) is 5.75 Å². The SMILES string of the molecule is CCN1CC(Oc2ccnc3ccccc23)CC1C(C)(C)C. The monoisotopic (exact) mass is 298 g/mol. The summed E-state index contributed by atoms with van der Waals surface area (Å²) in [7, 11) is 0. The number of fused-ring (bicyclic) bond motifs is 1. The van der Waals surface area contributed by atoms with Crippen molar-refractivity contribution in [3.63, 3.8) is 0 Å². The van der Waals surface area contributed by atoms with E-state index in [1.165, 1.54) is 0 Å². The summed E-state index contributed by atoms with van der Waals surface area (Å²) in [5, 5.41) is 1.10. The summed E-state index contributed by atoms with van der Waals surface area (Å²) in [4.78, 5) is 6.96. The van der Waals surface area contributed by atoms with E-state index >= 15 is 0 Å². The second kappa shape index (κ2) is 5.88. The molecule has 0 radical (unpaired) electrons. The van der Waals surface area contributed by atoms with Crippen molar-refractivity contribution < 1.29 is 4.74 Å². The molecule has 1 aromatic heterocycles. The molecular weight excluding hydrogens is 272 g/mol. The molecule has 3 nitrogen and oxygen atoms in total. The van der Waals surface area contributed by atoms with E-state index in [4.69, 9.17) is 4.74 Å². The van der Waals surface area contributed by atoms with Gasteiger partial charge in [0, 0.05) is 30.6 Å². The molecule has 2 heterocycles. The Balaban J connectivity index is 1.81. The van der Waals surface area contributed by atoms with Crippen molar-refractivity contribution in [2.75, 3.05) is 13.1 Å². The number of rotatable bonds is 3. The lowest BCUT2D eigenvalue weighted by Crippen LogP contribution is -2.39. The highest BCUT2D eigenvalue weighted by Gasteiger charge is 2.39. The Morgan fingerprint density at radius 1 is 1.23 bits per heavy atom. The summed E-state index contributed by atoms with van der Waals surface area (Å²) < 4.78 is 6.36. The third-order valence-corrected chi connectivity index (χ3v) is 4.67. The zero-order valence-corrected chi connectivity index (χ0v) is 14.0. The fourth-order valence-electron chi connectivity index (χ4n) is 3.55. The van der Waals surface area contributed by atoms with Gasteiger partial charge in [-0.05, 0) is 30.2 Å². The van der Waals surface area contributed by atoms with Crippen molar-refractivity contribution in [1.29, 1.82) is 0 Å². The standard InChI is InChI=1S/C19H26N2O/c1-5-21-13-14(12-18(21)19(2,3)4)22-17-10-11-20-16-9-7-6-8-15(16)17/h6-11,14,18H,5,12-13H2,1-4H3. The number of aromatic nitrogens is 1. The lowest BCUT2D eigenvalue weighted by atomic mass is 9.85. The minimum Gasteiger partial charge on any atom is -0.488 e. The summed E-state index contributed by atoms with van der Waals surface area (Å²) in [5.74, 6) is 0.959. The number of likely N-dealkylation sites (tertiary alicyclic amines) is 1. The Morgan fingerprint density at radius 2 is 2.00 bits per heavy atom. The van der Waals surface area contributed by atoms with Gasteiger partial charge >= 0.3 is 0 Å². The Hall–Kier alpha value is -1.61. The topological polar surface area (TPSA) is 25.4 Å². The van der Waals surface area contributed by atoms with Gasteiger partial charge in [0.05, 0.1) is 5.52 Å². The molecule has 1 aliphatic rings. The van der Waals surface area contributed by atoms with Gasteiger partial charge in [-0.15, -0.1) is 0 Å². The Bertz CT molecular complexity index is 642. The Morgan fingerprint density at radius 3 is 2.68 bits per heavy atom. The maximum absolute atomic E-state index is 6.36. The Labute approximate surface area is 133 Å². The van der Waals surface area contributed by atoms with E-state index in [1.54, 1.807) is 0 Å². The number of ether oxygens (including phenoxy) is 1. The van der Waals surface area contributed by atoms with Gasteiger partial charge < -0.3 is 4.74 Å². The first-order valence-corrected chi connectivity index (χ1v) is 8.23. The molecule has 0 bridgehead atoms. The molecule has 2 unspecified atom stereocenters. The normalized spacial score (nSPS) is 23.1. The number of nitrogens with zero attached hydrogens (tertiary/aromatic N) is 2. The van der Waals surface area contributed by atoms with Crippen LogP contribution in [0, 0.1) is 5.41 Å². The minimum absolute atomic E-state index is 0.259. The number of pyridine rings is 1. The molecule has 3 heteroatoms. The van der Waals surface area contributed by atoms with E-state index in [-0.39, 0.29) is 11.5 Å². The van der Waals surface area contributed by atoms with Gasteiger partial charge in [0.25, 0.3) is 0 Å². The summed E-state index contributed by atoms with van der Waals surface area (Å²) in [6.07, 6.45) is 3.19. The van der Waals surface area contributed by atoms with Crippen LogP contribution in [0.15, 0.2) is 36.5 Å². The van der Waals surface area contributed by atoms with Gasteiger partial charge in [-0.3, -0.25) is 9.88 Å². The molecule has 22 heavy (non-hydrogen) atoms. The number of para-hydroxylation sites is 1. The Kier molecular flexibility index (Phi) is 4.09. The van der Waals surface area contributed by atoms with Gasteiger partial charge in [-0.2, -0.15) is 0 Å². The van der Waals surface area contributed by atoms with Crippen LogP contribution in [-0.2, 0) is 0 Å². The van der Waals surface area contributed by atoms with Crippen molar-refractivity contribution in [2.45, 2.75) is 46.3 Å². The second-order valence-corrected chi connectivity index (χ2v) is 7.27. The van der Waals surface area contributed by atoms with Gasteiger partial charge in [0.1, 0.15) is 11.9 Å². The molecule has 3 rings (SSSR count). The maximum Gasteiger partial charge on any atom is 0.130 e. The molecule has 1 saturated heterocycles. The fourth-order valence-corrected chi connectivity index (χ4v) is 3.55. The predicted molar refractivity (Wildman–Crippen MR) is 91.3 cm³/mol. The van der Waals surface area contributed by atoms with Crippen LogP contribution in [0.3, 0.4) is 0 Å². The highest BCUT2D eigenvalue weighted by Crippen LogP contribution is 2.35. The summed E-state index contributed by atoms with van der Waals surface area (Å²) in [6.45, 7) is 11.3. The number of likely N-dealkylation sites (N-methyl/N-ethyl adjacent to an activating group) is 1. The van der Waals surface area contributed by atoms with E-state index in [1.807, 2.05) is 30.5 Å². The molecule has 118 valence electrons. The average molecular weight is 298 g/mol. The molecule has 1 aliphatic heterocycles. The zero-order valence-electron chi connectivity index (χ0n) is 14.0. The van der Waals surface area contributed by atoms with Crippen molar-refractivity contribution in [2.24, 2.45) is 5.41 Å². The molecule has 2 atom stereocenters. The van der Waals surface area contributed by atoms with Crippen LogP contribution in [-0.4, -0.2) is 35.1 Å². The first-order valence-electron chi connectivity index (χ1n) is 8.23. The van der Waals surface area contributed by atoms with Gasteiger partial charge in [-0.25, -0.2) is 0 Å². The van der Waals surface area contributed by atoms with Crippen LogP contribution in [0.1, 0.15) is 34.1 Å². The van der Waals surface area contributed by atoms with Gasteiger partial charge in [0.2, 0.25) is 0 Å². The minimum atomic E-state index is 0.259. The second-order valence-electron chi connectivity index (χ2n) is 7.27. The lowest BCUT2D eigenvalue weighted by molar-refractivity contribution is 0.147. The lowest BCUT2D eigenvalue weighted by Gasteiger charge is -2.33. The van der Waals surface area contributed by atoms with Crippen LogP contribution in [0.5, 0.6) is 5.75 Å². The maximum atomic E-state index is 6.36. The average Bonchev–Trinajstić information content (AvgIpc) is 2.91. The van der Waals surface area contributed by atoms with Crippen molar-refractivity contribution in [3.05, 3.63) is 36.5 Å². The van der Waals surface area contributed by atoms with Gasteiger partial charge in [-0.1, -0.05) is 39.8 Å². The summed E-state index contributed by atoms with van der Waals surface area (Å²) in [6, 6.07) is 10.8. The van der Waals surface area contributed by atoms with E-state index in [2.05, 4.69) is 43.6 Å². The zero-order chi connectivity index (χ0) is 15.7. The molecule has 2 aromatic rings. The van der Waals surface area contributed by atoms with E-state index in [9.17, 15) is 0 Å². The van der Waals surface area contributed by atoms with Gasteiger partial charge in [0.15, 0.2) is 0 Å². The van der Waals surface area contributed by atoms with E-state index in [0.717, 1.165) is 36.2 Å². The molecule has 0 aliphatic carbocycles. The number of benzene rings is 1. The molecule has 0 spiro atoms. The molecule has 0 saturated carbocycles. The molecule has 0 amide bonds. The number of hydrogen-bond acceptors (Lipinski definition) is 3. The molecule has 1 aromatic carbocycles. The van der Waals surface area contributed by atoms with E-state index < -0.39 is 0 Å². The smallest absolute Gasteiger partial charge is 0.130 e. The van der Waals surface area contributed by atoms with Crippen LogP contribution in [0.25, 0.3) is 10.9 Å². The summed E-state index contributed by atoms with van der Waals surface area (Å²) in [5.41, 5.74) is 1.28. The predicted octanol–water partition coefficient (Wildman–Crippen LogP) is 4.12. The third kappa shape index (κ3) is 2.95. The summed E-state index contributed by atoms with van der Waals surface area (Å²) >= 11 is 0. The van der Waals surface area contributed by atoms with E-state index in [0.29, 0.717) is 6.04 Å². The van der Waals surface area contributed by atoms with Crippen molar-refractivity contribution >= 4 is 10.9 Å². The number of hydrogen-bond donors (Lipinski definition) is 0. The molecular formula is C19H26N2O. The molecule has 0 N–H and O–H groups in total. The largest absolute Gasteiger partial charge is 0.488 e. The first-order chi connectivity index (χ1) is 10.5. The first kappa shape index (κ1) is 15.3. The highest BCUT2D eigenvalue weighted by atomic mass is 16.5. The quantitative estimate of drug-likeness (QED) is 0.852. The third-order valence-electron chi connectivity index (χ3n) is 4.67. The van der Waals surface area contributed by atoms with Crippen molar-refractivity contribution in [1.82, 2.24) is 9.88 Å². The fraction of sp³-hybridized carbons (Fsp3) is 0.526. The van der Waals surface area contributed by atoms with Crippen LogP contribution in [0.2, 0.25) is 0 Å². The van der Waals surface area contributed by atoms with Crippen LogP contribution in [0.4, 0.5) is 0 Å².